The van der Waals surface area contributed by atoms with Crippen LogP contribution in [-0.2, 0) is 4.79 Å². The highest BCUT2D eigenvalue weighted by molar-refractivity contribution is 6.33. The van der Waals surface area contributed by atoms with Gasteiger partial charge in [-0.05, 0) is 31.2 Å². The molecule has 1 aliphatic heterocycles. The first-order valence-electron chi connectivity index (χ1n) is 5.96. The Kier molecular flexibility index (Phi) is 4.48. The molecule has 0 aromatic heterocycles. The molecule has 0 radical (unpaired) electrons. The van der Waals surface area contributed by atoms with Crippen LogP contribution in [0.3, 0.4) is 0 Å². The van der Waals surface area contributed by atoms with Gasteiger partial charge in [0.25, 0.3) is 0 Å². The van der Waals surface area contributed by atoms with Crippen molar-refractivity contribution in [2.75, 3.05) is 6.54 Å². The van der Waals surface area contributed by atoms with Crippen molar-refractivity contribution >= 4 is 35.2 Å². The SMILES string of the molecule is CCN1C(c2ccc(F)cc2Cl)=C(C=O)C=C(Cl)C1O. The minimum Gasteiger partial charge on any atom is -0.368 e. The smallest absolute Gasteiger partial charge is 0.164 e. The summed E-state index contributed by atoms with van der Waals surface area (Å²) >= 11 is 12.0. The fourth-order valence-corrected chi connectivity index (χ4v) is 2.63. The molecule has 1 aromatic rings. The van der Waals surface area contributed by atoms with Crippen molar-refractivity contribution < 1.29 is 14.3 Å². The number of allylic oxidation sites excluding steroid dienone is 2. The summed E-state index contributed by atoms with van der Waals surface area (Å²) in [6.45, 7) is 2.21. The number of carbonyl (C=O) groups is 1. The molecule has 1 aliphatic rings. The number of likely N-dealkylation sites (N-methyl/N-ethyl adjacent to an activating group) is 1. The Morgan fingerprint density at radius 3 is 2.70 bits per heavy atom. The maximum absolute atomic E-state index is 13.1. The van der Waals surface area contributed by atoms with Gasteiger partial charge in [-0.3, -0.25) is 4.79 Å². The molecule has 6 heteroatoms. The third-order valence-corrected chi connectivity index (χ3v) is 3.67. The molecule has 0 bridgehead atoms. The van der Waals surface area contributed by atoms with Gasteiger partial charge in [-0.15, -0.1) is 0 Å². The molecular weight excluding hydrogens is 304 g/mol. The standard InChI is InChI=1S/C14H12Cl2FNO2/c1-2-18-13(8(7-19)5-12(16)14(18)20)10-4-3-9(17)6-11(10)15/h3-7,14,20H,2H2,1H3. The fraction of sp³-hybridized carbons (Fsp3) is 0.214. The molecule has 20 heavy (non-hydrogen) atoms. The zero-order valence-corrected chi connectivity index (χ0v) is 12.1. The largest absolute Gasteiger partial charge is 0.368 e. The summed E-state index contributed by atoms with van der Waals surface area (Å²) < 4.78 is 13.1. The molecule has 0 spiro atoms. The molecule has 1 N–H and O–H groups in total. The molecule has 0 saturated heterocycles. The van der Waals surface area contributed by atoms with E-state index in [1.54, 1.807) is 6.92 Å². The number of aliphatic hydroxyl groups excluding tert-OH is 1. The van der Waals surface area contributed by atoms with Crippen LogP contribution in [0.15, 0.2) is 34.9 Å². The normalized spacial score (nSPS) is 19.1. The lowest BCUT2D eigenvalue weighted by Gasteiger charge is -2.35. The molecule has 1 unspecified atom stereocenters. The first kappa shape index (κ1) is 15.0. The van der Waals surface area contributed by atoms with E-state index in [-0.39, 0.29) is 15.6 Å². The molecule has 0 amide bonds. The van der Waals surface area contributed by atoms with E-state index < -0.39 is 12.0 Å². The summed E-state index contributed by atoms with van der Waals surface area (Å²) in [6, 6.07) is 3.88. The molecule has 0 aliphatic carbocycles. The number of halogens is 3. The highest BCUT2D eigenvalue weighted by Crippen LogP contribution is 2.36. The Labute approximate surface area is 125 Å². The van der Waals surface area contributed by atoms with Crippen LogP contribution < -0.4 is 0 Å². The minimum atomic E-state index is -1.05. The van der Waals surface area contributed by atoms with Gasteiger partial charge in [0.15, 0.2) is 12.5 Å². The van der Waals surface area contributed by atoms with Crippen LogP contribution in [0.1, 0.15) is 12.5 Å². The van der Waals surface area contributed by atoms with Crippen molar-refractivity contribution in [2.24, 2.45) is 0 Å². The van der Waals surface area contributed by atoms with Crippen molar-refractivity contribution in [1.29, 1.82) is 0 Å². The van der Waals surface area contributed by atoms with Crippen LogP contribution in [-0.4, -0.2) is 29.1 Å². The van der Waals surface area contributed by atoms with E-state index in [9.17, 15) is 14.3 Å². The second-order valence-electron chi connectivity index (χ2n) is 4.23. The van der Waals surface area contributed by atoms with Crippen molar-refractivity contribution in [3.8, 4) is 0 Å². The average molecular weight is 316 g/mol. The van der Waals surface area contributed by atoms with Crippen LogP contribution >= 0.6 is 23.2 Å². The van der Waals surface area contributed by atoms with Gasteiger partial charge in [-0.25, -0.2) is 4.39 Å². The number of carbonyl (C=O) groups excluding carboxylic acids is 1. The van der Waals surface area contributed by atoms with E-state index in [1.807, 2.05) is 0 Å². The van der Waals surface area contributed by atoms with Crippen molar-refractivity contribution in [3.63, 3.8) is 0 Å². The van der Waals surface area contributed by atoms with Gasteiger partial charge in [-0.1, -0.05) is 23.2 Å². The zero-order chi connectivity index (χ0) is 14.9. The molecule has 1 heterocycles. The van der Waals surface area contributed by atoms with E-state index in [1.165, 1.54) is 23.1 Å². The van der Waals surface area contributed by atoms with Crippen molar-refractivity contribution in [3.05, 3.63) is 51.3 Å². The number of hydrogen-bond acceptors (Lipinski definition) is 3. The lowest BCUT2D eigenvalue weighted by molar-refractivity contribution is -0.104. The Hall–Kier alpha value is -1.36. The van der Waals surface area contributed by atoms with E-state index >= 15 is 0 Å². The van der Waals surface area contributed by atoms with Gasteiger partial charge < -0.3 is 10.0 Å². The molecule has 0 saturated carbocycles. The second kappa shape index (κ2) is 5.95. The Morgan fingerprint density at radius 1 is 1.45 bits per heavy atom. The highest BCUT2D eigenvalue weighted by atomic mass is 35.5. The van der Waals surface area contributed by atoms with Gasteiger partial charge in [0.2, 0.25) is 0 Å². The Morgan fingerprint density at radius 2 is 2.15 bits per heavy atom. The number of rotatable bonds is 3. The quantitative estimate of drug-likeness (QED) is 0.871. The van der Waals surface area contributed by atoms with E-state index in [0.29, 0.717) is 24.1 Å². The summed E-state index contributed by atoms with van der Waals surface area (Å²) in [7, 11) is 0. The molecule has 0 fully saturated rings. The van der Waals surface area contributed by atoms with Gasteiger partial charge in [0.1, 0.15) is 5.82 Å². The van der Waals surface area contributed by atoms with Gasteiger partial charge >= 0.3 is 0 Å². The lowest BCUT2D eigenvalue weighted by Crippen LogP contribution is -2.37. The van der Waals surface area contributed by atoms with E-state index in [0.717, 1.165) is 6.07 Å². The second-order valence-corrected chi connectivity index (χ2v) is 5.08. The fourth-order valence-electron chi connectivity index (χ4n) is 2.14. The predicted molar refractivity (Wildman–Crippen MR) is 76.7 cm³/mol. The third kappa shape index (κ3) is 2.59. The Balaban J connectivity index is 2.67. The Bertz CT molecular complexity index is 613. The molecule has 3 nitrogen and oxygen atoms in total. The van der Waals surface area contributed by atoms with E-state index in [2.05, 4.69) is 0 Å². The first-order valence-corrected chi connectivity index (χ1v) is 6.71. The van der Waals surface area contributed by atoms with Crippen LogP contribution in [0.5, 0.6) is 0 Å². The molecule has 2 rings (SSSR count). The van der Waals surface area contributed by atoms with E-state index in [4.69, 9.17) is 23.2 Å². The summed E-state index contributed by atoms with van der Waals surface area (Å²) in [6.07, 6.45) is 0.966. The number of benzene rings is 1. The van der Waals surface area contributed by atoms with Crippen LogP contribution in [0.4, 0.5) is 4.39 Å². The third-order valence-electron chi connectivity index (χ3n) is 3.05. The zero-order valence-electron chi connectivity index (χ0n) is 10.6. The maximum atomic E-state index is 13.1. The van der Waals surface area contributed by atoms with Gasteiger partial charge in [0, 0.05) is 17.7 Å². The topological polar surface area (TPSA) is 40.5 Å². The van der Waals surface area contributed by atoms with Gasteiger partial charge in [0.05, 0.1) is 15.8 Å². The molecule has 1 atom stereocenters. The number of aliphatic hydroxyl groups is 1. The minimum absolute atomic E-state index is 0.149. The number of aldehydes is 1. The summed E-state index contributed by atoms with van der Waals surface area (Å²) in [5.74, 6) is -0.472. The van der Waals surface area contributed by atoms with Gasteiger partial charge in [-0.2, -0.15) is 0 Å². The molecule has 1 aromatic carbocycles. The van der Waals surface area contributed by atoms with Crippen molar-refractivity contribution in [2.45, 2.75) is 13.2 Å². The average Bonchev–Trinajstić information content (AvgIpc) is 2.42. The van der Waals surface area contributed by atoms with Crippen LogP contribution in [0, 0.1) is 5.82 Å². The summed E-state index contributed by atoms with van der Waals surface area (Å²) in [5.41, 5.74) is 1.19. The summed E-state index contributed by atoms with van der Waals surface area (Å²) in [4.78, 5) is 12.8. The van der Waals surface area contributed by atoms with Crippen LogP contribution in [0.2, 0.25) is 5.02 Å². The lowest BCUT2D eigenvalue weighted by atomic mass is 10.0. The van der Waals surface area contributed by atoms with Crippen molar-refractivity contribution in [1.82, 2.24) is 4.90 Å². The van der Waals surface area contributed by atoms with Crippen LogP contribution in [0.25, 0.3) is 5.70 Å². The first-order chi connectivity index (χ1) is 9.49. The maximum Gasteiger partial charge on any atom is 0.164 e. The number of nitrogens with zero attached hydrogens (tertiary/aromatic N) is 1. The highest BCUT2D eigenvalue weighted by Gasteiger charge is 2.29. The monoisotopic (exact) mass is 315 g/mol. The summed E-state index contributed by atoms with van der Waals surface area (Å²) in [5, 5.41) is 10.4. The number of hydrogen-bond donors (Lipinski definition) is 1. The predicted octanol–water partition coefficient (Wildman–Crippen LogP) is 3.17. The molecule has 106 valence electrons. The molecular formula is C14H12Cl2FNO2.